The van der Waals surface area contributed by atoms with Crippen molar-refractivity contribution in [3.05, 3.63) is 0 Å². The molecule has 3 unspecified atom stereocenters. The van der Waals surface area contributed by atoms with Crippen LogP contribution in [-0.4, -0.2) is 96.7 Å². The summed E-state index contributed by atoms with van der Waals surface area (Å²) in [5.74, 6) is -0.465. The van der Waals surface area contributed by atoms with Gasteiger partial charge in [0, 0.05) is 25.7 Å². The molecule has 3 N–H and O–H groups in total. The van der Waals surface area contributed by atoms with Gasteiger partial charge in [0.25, 0.3) is 0 Å². The van der Waals surface area contributed by atoms with E-state index in [1.165, 1.54) is 276 Å². The molecule has 19 heteroatoms. The highest BCUT2D eigenvalue weighted by Gasteiger charge is 2.30. The average Bonchev–Trinajstić information content (AvgIpc) is 1.26. The second-order valence-electron chi connectivity index (χ2n) is 31.6. The van der Waals surface area contributed by atoms with E-state index in [0.29, 0.717) is 25.7 Å². The summed E-state index contributed by atoms with van der Waals surface area (Å²) in [5, 5.41) is 10.7. The van der Waals surface area contributed by atoms with E-state index in [9.17, 15) is 43.2 Å². The van der Waals surface area contributed by atoms with E-state index in [2.05, 4.69) is 41.5 Å². The maximum absolute atomic E-state index is 13.1. The van der Waals surface area contributed by atoms with Gasteiger partial charge < -0.3 is 33.8 Å². The first kappa shape index (κ1) is 103. The molecule has 0 aliphatic carbocycles. The Bertz CT molecular complexity index is 2010. The molecule has 0 amide bonds. The first-order chi connectivity index (χ1) is 50.9. The molecule has 17 nitrogen and oxygen atoms in total. The molecule has 0 spiro atoms. The molecule has 0 bridgehead atoms. The third kappa shape index (κ3) is 78.5. The molecule has 0 aromatic carbocycles. The summed E-state index contributed by atoms with van der Waals surface area (Å²) in [6.45, 7) is 9.73. The van der Waals surface area contributed by atoms with E-state index in [1.54, 1.807) is 0 Å². The Balaban J connectivity index is 5.23. The number of phosphoric acid groups is 2. The smallest absolute Gasteiger partial charge is 0.462 e. The van der Waals surface area contributed by atoms with Crippen molar-refractivity contribution in [3.63, 3.8) is 0 Å². The predicted octanol–water partition coefficient (Wildman–Crippen LogP) is 26.2. The fourth-order valence-electron chi connectivity index (χ4n) is 13.4. The van der Waals surface area contributed by atoms with Gasteiger partial charge in [0.15, 0.2) is 12.2 Å². The molecule has 0 saturated carbocycles. The van der Waals surface area contributed by atoms with E-state index < -0.39 is 97.5 Å². The predicted molar refractivity (Wildman–Crippen MR) is 432 cm³/mol. The van der Waals surface area contributed by atoms with Gasteiger partial charge in [0.1, 0.15) is 19.3 Å². The summed E-state index contributed by atoms with van der Waals surface area (Å²) < 4.78 is 68.9. The number of carbonyl (C=O) groups excluding carboxylic acids is 4. The second-order valence-corrected chi connectivity index (χ2v) is 34.6. The first-order valence-corrected chi connectivity index (χ1v) is 47.5. The number of hydrogen-bond donors (Lipinski definition) is 3. The minimum atomic E-state index is -4.97. The lowest BCUT2D eigenvalue weighted by Gasteiger charge is -2.21. The molecular weight excluding hydrogens is 1370 g/mol. The average molecular weight is 1540 g/mol. The van der Waals surface area contributed by atoms with E-state index in [4.69, 9.17) is 37.0 Å². The number of hydrogen-bond acceptors (Lipinski definition) is 15. The molecule has 0 fully saturated rings. The summed E-state index contributed by atoms with van der Waals surface area (Å²) in [6, 6.07) is 0. The molecular formula is C86H168O17P2. The summed E-state index contributed by atoms with van der Waals surface area (Å²) in [4.78, 5) is 73.2. The van der Waals surface area contributed by atoms with Gasteiger partial charge in [-0.05, 0) is 37.5 Å². The van der Waals surface area contributed by atoms with Gasteiger partial charge in [-0.3, -0.25) is 37.3 Å². The van der Waals surface area contributed by atoms with Crippen LogP contribution in [-0.2, 0) is 65.4 Å². The van der Waals surface area contributed by atoms with Crippen LogP contribution in [0.15, 0.2) is 0 Å². The normalized spacial score (nSPS) is 14.1. The highest BCUT2D eigenvalue weighted by Crippen LogP contribution is 2.45. The SMILES string of the molecule is CCCCCCCCCCCCCCCCCCCCC(=O)OC[C@H](COP(=O)(O)OC[C@@H](O)COP(=O)(O)OC[C@@H](COC(=O)CCCCCCCCCCCCC)OC(=O)CCCCCCCCCCCCCC(C)C)OC(=O)CCCCCCCCCCCCCCCCCCCCC(C)CC. The highest BCUT2D eigenvalue weighted by molar-refractivity contribution is 7.47. The molecule has 0 aromatic heterocycles. The Hall–Kier alpha value is -1.94. The molecule has 0 radical (unpaired) electrons. The summed E-state index contributed by atoms with van der Waals surface area (Å²) >= 11 is 0. The van der Waals surface area contributed by atoms with Crippen LogP contribution in [0.1, 0.15) is 459 Å². The van der Waals surface area contributed by atoms with Gasteiger partial charge >= 0.3 is 39.5 Å². The lowest BCUT2D eigenvalue weighted by atomic mass is 9.99. The van der Waals surface area contributed by atoms with Gasteiger partial charge in [-0.2, -0.15) is 0 Å². The Morgan fingerprint density at radius 3 is 0.724 bits per heavy atom. The zero-order valence-corrected chi connectivity index (χ0v) is 70.8. The third-order valence-electron chi connectivity index (χ3n) is 20.6. The number of rotatable bonds is 85. The van der Waals surface area contributed by atoms with Crippen LogP contribution < -0.4 is 0 Å². The molecule has 0 aliphatic heterocycles. The number of aliphatic hydroxyl groups excluding tert-OH is 1. The van der Waals surface area contributed by atoms with Crippen molar-refractivity contribution in [2.24, 2.45) is 11.8 Å². The van der Waals surface area contributed by atoms with Crippen molar-refractivity contribution in [1.29, 1.82) is 0 Å². The lowest BCUT2D eigenvalue weighted by Crippen LogP contribution is -2.30. The zero-order valence-electron chi connectivity index (χ0n) is 69.0. The molecule has 6 atom stereocenters. The van der Waals surface area contributed by atoms with Crippen molar-refractivity contribution < 1.29 is 80.2 Å². The van der Waals surface area contributed by atoms with E-state index in [0.717, 1.165) is 102 Å². The maximum atomic E-state index is 13.1. The molecule has 0 aliphatic rings. The Kier molecular flexibility index (Phi) is 76.0. The van der Waals surface area contributed by atoms with Gasteiger partial charge in [-0.1, -0.05) is 408 Å². The lowest BCUT2D eigenvalue weighted by molar-refractivity contribution is -0.161. The number of phosphoric ester groups is 2. The number of carbonyl (C=O) groups is 4. The molecule has 0 heterocycles. The largest absolute Gasteiger partial charge is 0.472 e. The van der Waals surface area contributed by atoms with Gasteiger partial charge in [0.2, 0.25) is 0 Å². The van der Waals surface area contributed by atoms with E-state index >= 15 is 0 Å². The van der Waals surface area contributed by atoms with E-state index in [-0.39, 0.29) is 25.7 Å². The van der Waals surface area contributed by atoms with Gasteiger partial charge in [-0.15, -0.1) is 0 Å². The van der Waals surface area contributed by atoms with Crippen molar-refractivity contribution in [2.45, 2.75) is 477 Å². The van der Waals surface area contributed by atoms with Crippen molar-refractivity contribution >= 4 is 39.5 Å². The Morgan fingerprint density at radius 1 is 0.276 bits per heavy atom. The number of aliphatic hydroxyl groups is 1. The van der Waals surface area contributed by atoms with Crippen molar-refractivity contribution in [1.82, 2.24) is 0 Å². The summed E-state index contributed by atoms with van der Waals surface area (Å²) in [5.41, 5.74) is 0. The van der Waals surface area contributed by atoms with Crippen molar-refractivity contribution in [3.8, 4) is 0 Å². The second kappa shape index (κ2) is 77.4. The van der Waals surface area contributed by atoms with Crippen LogP contribution in [0.5, 0.6) is 0 Å². The first-order valence-electron chi connectivity index (χ1n) is 44.5. The molecule has 105 heavy (non-hydrogen) atoms. The van der Waals surface area contributed by atoms with Crippen LogP contribution in [0.4, 0.5) is 0 Å². The molecule has 0 saturated heterocycles. The summed E-state index contributed by atoms with van der Waals surface area (Å²) in [7, 11) is -9.93. The monoisotopic (exact) mass is 1540 g/mol. The number of esters is 4. The van der Waals surface area contributed by atoms with Crippen LogP contribution in [0.25, 0.3) is 0 Å². The van der Waals surface area contributed by atoms with Crippen LogP contribution in [0, 0.1) is 11.8 Å². The maximum Gasteiger partial charge on any atom is 0.472 e. The fraction of sp³-hybridized carbons (Fsp3) is 0.953. The van der Waals surface area contributed by atoms with Crippen LogP contribution in [0.3, 0.4) is 0 Å². The van der Waals surface area contributed by atoms with Gasteiger partial charge in [-0.25, -0.2) is 9.13 Å². The topological polar surface area (TPSA) is 237 Å². The fourth-order valence-corrected chi connectivity index (χ4v) is 15.0. The molecule has 0 rings (SSSR count). The Morgan fingerprint density at radius 2 is 0.486 bits per heavy atom. The minimum Gasteiger partial charge on any atom is -0.462 e. The third-order valence-corrected chi connectivity index (χ3v) is 22.5. The van der Waals surface area contributed by atoms with Crippen molar-refractivity contribution in [2.75, 3.05) is 39.6 Å². The zero-order chi connectivity index (χ0) is 77.1. The standard InChI is InChI=1S/C86H168O17P2/c1-7-10-12-14-16-18-20-21-22-23-27-30-33-39-45-51-57-63-69-84(89)97-75-82(102-85(90)70-64-58-52-46-40-34-31-28-25-24-26-29-32-38-43-49-55-61-67-79(6)9-3)77-101-105(94,95)99-73-80(87)72-98-104(92,93)100-76-81(74-96-83(88)68-62-56-50-44-36-19-17-15-13-11-8-2)103-86(91)71-65-59-53-47-41-35-37-42-48-54-60-66-78(4)5/h78-82,87H,7-77H2,1-6H3,(H,92,93)(H,94,95)/t79?,80-,81+,82+/m0/s1. The number of unbranched alkanes of at least 4 members (excludes halogenated alkanes) is 54. The van der Waals surface area contributed by atoms with Crippen LogP contribution >= 0.6 is 15.6 Å². The Labute approximate surface area is 645 Å². The molecule has 0 aromatic rings. The summed E-state index contributed by atoms with van der Waals surface area (Å²) in [6.07, 6.45) is 69.3. The highest BCUT2D eigenvalue weighted by atomic mass is 31.2. The quantitative estimate of drug-likeness (QED) is 0.0222. The van der Waals surface area contributed by atoms with E-state index in [1.807, 2.05) is 0 Å². The number of ether oxygens (including phenoxy) is 4. The van der Waals surface area contributed by atoms with Crippen LogP contribution in [0.2, 0.25) is 0 Å². The minimum absolute atomic E-state index is 0.107. The van der Waals surface area contributed by atoms with Gasteiger partial charge in [0.05, 0.1) is 26.4 Å². The molecule has 624 valence electrons.